The summed E-state index contributed by atoms with van der Waals surface area (Å²) in [7, 11) is 1.81. The fraction of sp³-hybridized carbons (Fsp3) is 0.529. The summed E-state index contributed by atoms with van der Waals surface area (Å²) in [5.74, 6) is 1.01. The van der Waals surface area contributed by atoms with Crippen LogP contribution in [0.15, 0.2) is 18.7 Å². The zero-order valence-electron chi connectivity index (χ0n) is 13.9. The number of hydrogen-bond acceptors (Lipinski definition) is 5. The van der Waals surface area contributed by atoms with Gasteiger partial charge in [-0.2, -0.15) is 5.10 Å². The van der Waals surface area contributed by atoms with Crippen LogP contribution in [0.3, 0.4) is 0 Å². The molecule has 1 saturated heterocycles. The highest BCUT2D eigenvalue weighted by Crippen LogP contribution is 2.29. The molecular weight excluding hydrogens is 304 g/mol. The molecule has 1 atom stereocenters. The van der Waals surface area contributed by atoms with Gasteiger partial charge in [0.25, 0.3) is 5.91 Å². The summed E-state index contributed by atoms with van der Waals surface area (Å²) in [6, 6.07) is 0.137. The van der Waals surface area contributed by atoms with Gasteiger partial charge < -0.3 is 10.2 Å². The number of amides is 1. The Hall–Kier alpha value is -2.44. The maximum absolute atomic E-state index is 12.3. The second-order valence-corrected chi connectivity index (χ2v) is 6.64. The maximum atomic E-state index is 12.3. The number of carbonyl (C=O) groups excluding carboxylic acids is 1. The van der Waals surface area contributed by atoms with Crippen LogP contribution in [0.2, 0.25) is 0 Å². The predicted octanol–water partition coefficient (Wildman–Crippen LogP) is 1.10. The van der Waals surface area contributed by atoms with E-state index in [0.717, 1.165) is 51.0 Å². The van der Waals surface area contributed by atoms with Crippen molar-refractivity contribution in [3.8, 4) is 0 Å². The van der Waals surface area contributed by atoms with Gasteiger partial charge in [0.1, 0.15) is 12.1 Å². The van der Waals surface area contributed by atoms with Crippen molar-refractivity contribution in [3.05, 3.63) is 35.5 Å². The first-order chi connectivity index (χ1) is 11.7. The van der Waals surface area contributed by atoms with E-state index in [2.05, 4.69) is 25.3 Å². The molecule has 1 aliphatic heterocycles. The Labute approximate surface area is 141 Å². The molecule has 1 unspecified atom stereocenters. The summed E-state index contributed by atoms with van der Waals surface area (Å²) in [6.45, 7) is 1.79. The Morgan fingerprint density at radius 3 is 3.04 bits per heavy atom. The summed E-state index contributed by atoms with van der Waals surface area (Å²) < 4.78 is 1.65. The highest BCUT2D eigenvalue weighted by atomic mass is 16.1. The van der Waals surface area contributed by atoms with Crippen LogP contribution in [0, 0.1) is 0 Å². The molecule has 7 heteroatoms. The average Bonchev–Trinajstić information content (AvgIpc) is 3.23. The summed E-state index contributed by atoms with van der Waals surface area (Å²) >= 11 is 0. The molecule has 0 spiro atoms. The molecule has 0 bridgehead atoms. The molecule has 2 aliphatic rings. The monoisotopic (exact) mass is 326 g/mol. The Bertz CT molecular complexity index is 755. The van der Waals surface area contributed by atoms with E-state index in [9.17, 15) is 4.79 Å². The van der Waals surface area contributed by atoms with Crippen molar-refractivity contribution in [1.29, 1.82) is 0 Å². The molecule has 2 aromatic heterocycles. The molecule has 1 aliphatic carbocycles. The number of carbonyl (C=O) groups is 1. The van der Waals surface area contributed by atoms with Crippen LogP contribution in [-0.4, -0.2) is 44.8 Å². The van der Waals surface area contributed by atoms with Gasteiger partial charge in [0.05, 0.1) is 11.8 Å². The number of aromatic nitrogens is 4. The molecule has 1 fully saturated rings. The lowest BCUT2D eigenvalue weighted by molar-refractivity contribution is 0.0933. The number of piperidine rings is 1. The molecule has 4 rings (SSSR count). The third kappa shape index (κ3) is 2.86. The van der Waals surface area contributed by atoms with Crippen molar-refractivity contribution in [2.24, 2.45) is 7.05 Å². The van der Waals surface area contributed by atoms with Crippen LogP contribution in [0.1, 0.15) is 40.9 Å². The van der Waals surface area contributed by atoms with Gasteiger partial charge in [-0.1, -0.05) is 0 Å². The van der Waals surface area contributed by atoms with E-state index in [-0.39, 0.29) is 11.9 Å². The summed E-state index contributed by atoms with van der Waals surface area (Å²) in [5.41, 5.74) is 3.11. The van der Waals surface area contributed by atoms with Gasteiger partial charge in [-0.3, -0.25) is 9.48 Å². The predicted molar refractivity (Wildman–Crippen MR) is 90.0 cm³/mol. The van der Waals surface area contributed by atoms with Crippen molar-refractivity contribution < 1.29 is 4.79 Å². The number of fused-ring (bicyclic) bond motifs is 1. The second kappa shape index (κ2) is 6.22. The van der Waals surface area contributed by atoms with E-state index >= 15 is 0 Å². The topological polar surface area (TPSA) is 75.9 Å². The van der Waals surface area contributed by atoms with Crippen molar-refractivity contribution in [3.63, 3.8) is 0 Å². The molecule has 126 valence electrons. The van der Waals surface area contributed by atoms with E-state index in [1.807, 2.05) is 7.05 Å². The van der Waals surface area contributed by atoms with Crippen LogP contribution in [0.25, 0.3) is 0 Å². The standard InChI is InChI=1S/C17H22N6O/c1-22-9-12(8-20-22)17(24)21-13-4-3-7-23(10-13)16-14-5-2-6-15(14)18-11-19-16/h8-9,11,13H,2-7,10H2,1H3,(H,21,24). The van der Waals surface area contributed by atoms with Crippen LogP contribution in [0.5, 0.6) is 0 Å². The first kappa shape index (κ1) is 15.1. The van der Waals surface area contributed by atoms with Gasteiger partial charge in [-0.05, 0) is 32.1 Å². The summed E-state index contributed by atoms with van der Waals surface area (Å²) in [5, 5.41) is 7.20. The zero-order valence-corrected chi connectivity index (χ0v) is 13.9. The smallest absolute Gasteiger partial charge is 0.254 e. The number of nitrogens with one attached hydrogen (secondary N) is 1. The lowest BCUT2D eigenvalue weighted by atomic mass is 10.0. The fourth-order valence-electron chi connectivity index (χ4n) is 3.71. The Kier molecular flexibility index (Phi) is 3.92. The van der Waals surface area contributed by atoms with E-state index < -0.39 is 0 Å². The fourth-order valence-corrected chi connectivity index (χ4v) is 3.71. The van der Waals surface area contributed by atoms with Crippen molar-refractivity contribution in [2.45, 2.75) is 38.1 Å². The number of hydrogen-bond donors (Lipinski definition) is 1. The van der Waals surface area contributed by atoms with Gasteiger partial charge >= 0.3 is 0 Å². The first-order valence-electron chi connectivity index (χ1n) is 8.58. The largest absolute Gasteiger partial charge is 0.354 e. The minimum atomic E-state index is -0.0529. The second-order valence-electron chi connectivity index (χ2n) is 6.64. The average molecular weight is 326 g/mol. The van der Waals surface area contributed by atoms with Gasteiger partial charge in [-0.25, -0.2) is 9.97 Å². The van der Waals surface area contributed by atoms with Crippen LogP contribution < -0.4 is 10.2 Å². The molecule has 3 heterocycles. The minimum absolute atomic E-state index is 0.0529. The van der Waals surface area contributed by atoms with E-state index in [1.165, 1.54) is 11.3 Å². The molecular formula is C17H22N6O. The number of aryl methyl sites for hydroxylation is 2. The molecule has 1 amide bonds. The number of nitrogens with zero attached hydrogens (tertiary/aromatic N) is 5. The van der Waals surface area contributed by atoms with Crippen molar-refractivity contribution in [1.82, 2.24) is 25.1 Å². The van der Waals surface area contributed by atoms with E-state index in [4.69, 9.17) is 0 Å². The Morgan fingerprint density at radius 1 is 1.29 bits per heavy atom. The van der Waals surface area contributed by atoms with Crippen molar-refractivity contribution >= 4 is 11.7 Å². The summed E-state index contributed by atoms with van der Waals surface area (Å²) in [6.07, 6.45) is 10.4. The lowest BCUT2D eigenvalue weighted by Gasteiger charge is -2.34. The molecule has 2 aromatic rings. The molecule has 1 N–H and O–H groups in total. The van der Waals surface area contributed by atoms with Gasteiger partial charge in [0, 0.05) is 43.6 Å². The van der Waals surface area contributed by atoms with Gasteiger partial charge in [0.15, 0.2) is 0 Å². The van der Waals surface area contributed by atoms with E-state index in [0.29, 0.717) is 5.56 Å². The third-order valence-electron chi connectivity index (χ3n) is 4.88. The maximum Gasteiger partial charge on any atom is 0.254 e. The third-order valence-corrected chi connectivity index (χ3v) is 4.88. The van der Waals surface area contributed by atoms with Crippen molar-refractivity contribution in [2.75, 3.05) is 18.0 Å². The van der Waals surface area contributed by atoms with Crippen LogP contribution in [0.4, 0.5) is 5.82 Å². The normalized spacial score (nSPS) is 20.0. The number of rotatable bonds is 3. The Balaban J connectivity index is 1.46. The quantitative estimate of drug-likeness (QED) is 0.914. The molecule has 0 saturated carbocycles. The number of anilines is 1. The lowest BCUT2D eigenvalue weighted by Crippen LogP contribution is -2.48. The highest BCUT2D eigenvalue weighted by Gasteiger charge is 2.27. The summed E-state index contributed by atoms with van der Waals surface area (Å²) in [4.78, 5) is 23.6. The zero-order chi connectivity index (χ0) is 16.5. The SMILES string of the molecule is Cn1cc(C(=O)NC2CCCN(c3ncnc4c3CCC4)C2)cn1. The minimum Gasteiger partial charge on any atom is -0.354 e. The Morgan fingerprint density at radius 2 is 2.21 bits per heavy atom. The molecule has 0 aromatic carbocycles. The van der Waals surface area contributed by atoms with Crippen LogP contribution in [-0.2, 0) is 19.9 Å². The molecule has 0 radical (unpaired) electrons. The first-order valence-corrected chi connectivity index (χ1v) is 8.58. The highest BCUT2D eigenvalue weighted by molar-refractivity contribution is 5.93. The molecule has 24 heavy (non-hydrogen) atoms. The van der Waals surface area contributed by atoms with Gasteiger partial charge in [-0.15, -0.1) is 0 Å². The van der Waals surface area contributed by atoms with Crippen LogP contribution >= 0.6 is 0 Å². The van der Waals surface area contributed by atoms with E-state index in [1.54, 1.807) is 23.4 Å². The molecule has 7 nitrogen and oxygen atoms in total. The van der Waals surface area contributed by atoms with Gasteiger partial charge in [0.2, 0.25) is 0 Å².